The smallest absolute Gasteiger partial charge is 0.301 e. The zero-order valence-electron chi connectivity index (χ0n) is 11.8. The van der Waals surface area contributed by atoms with Crippen LogP contribution >= 0.6 is 0 Å². The van der Waals surface area contributed by atoms with Gasteiger partial charge in [-0.05, 0) is 44.7 Å². The first-order valence-corrected chi connectivity index (χ1v) is 8.19. The van der Waals surface area contributed by atoms with Crippen molar-refractivity contribution in [3.63, 3.8) is 0 Å². The molecule has 2 N–H and O–H groups in total. The van der Waals surface area contributed by atoms with Crippen molar-refractivity contribution in [2.45, 2.75) is 26.7 Å². The average Bonchev–Trinajstić information content (AvgIpc) is 2.42. The summed E-state index contributed by atoms with van der Waals surface area (Å²) in [6.07, 6.45) is 1.64. The van der Waals surface area contributed by atoms with Crippen LogP contribution in [-0.2, 0) is 10.2 Å². The lowest BCUT2D eigenvalue weighted by Crippen LogP contribution is -2.43. The van der Waals surface area contributed by atoms with Crippen LogP contribution in [0.1, 0.15) is 24.2 Å². The summed E-state index contributed by atoms with van der Waals surface area (Å²) < 4.78 is 28.7. The third-order valence-electron chi connectivity index (χ3n) is 3.54. The normalized spacial score (nSPS) is 20.9. The standard InChI is InChI=1S/C13H21N3O3S/c1-10-5-6-13(11(2)14-10)15-20(18,19)16-7-3-4-12(8-16)9-17/h5-6,12,15,17H,3-4,7-9H2,1-2H3. The molecule has 0 radical (unpaired) electrons. The monoisotopic (exact) mass is 299 g/mol. The Bertz CT molecular complexity index is 574. The Morgan fingerprint density at radius 2 is 2.20 bits per heavy atom. The van der Waals surface area contributed by atoms with Gasteiger partial charge in [-0.15, -0.1) is 0 Å². The number of pyridine rings is 1. The number of aliphatic hydroxyl groups is 1. The topological polar surface area (TPSA) is 82.5 Å². The van der Waals surface area contributed by atoms with Gasteiger partial charge in [0, 0.05) is 25.4 Å². The predicted octanol–water partition coefficient (Wildman–Crippen LogP) is 1.06. The molecular weight excluding hydrogens is 278 g/mol. The van der Waals surface area contributed by atoms with Crippen LogP contribution < -0.4 is 4.72 Å². The molecule has 0 saturated carbocycles. The fourth-order valence-electron chi connectivity index (χ4n) is 2.39. The number of aromatic nitrogens is 1. The molecule has 1 saturated heterocycles. The van der Waals surface area contributed by atoms with Gasteiger partial charge in [0.1, 0.15) is 0 Å². The Morgan fingerprint density at radius 3 is 2.85 bits per heavy atom. The van der Waals surface area contributed by atoms with E-state index in [0.717, 1.165) is 18.5 Å². The van der Waals surface area contributed by atoms with Crippen LogP contribution in [0.15, 0.2) is 12.1 Å². The van der Waals surface area contributed by atoms with E-state index >= 15 is 0 Å². The van der Waals surface area contributed by atoms with Crippen LogP contribution in [-0.4, -0.2) is 42.5 Å². The maximum Gasteiger partial charge on any atom is 0.301 e. The third kappa shape index (κ3) is 3.47. The van der Waals surface area contributed by atoms with Gasteiger partial charge in [0.15, 0.2) is 0 Å². The van der Waals surface area contributed by atoms with Gasteiger partial charge in [0.25, 0.3) is 0 Å². The molecule has 7 heteroatoms. The molecule has 0 aromatic carbocycles. The van der Waals surface area contributed by atoms with Crippen LogP contribution in [0.3, 0.4) is 0 Å². The molecule has 2 rings (SSSR count). The van der Waals surface area contributed by atoms with E-state index in [-0.39, 0.29) is 12.5 Å². The largest absolute Gasteiger partial charge is 0.396 e. The van der Waals surface area contributed by atoms with Crippen LogP contribution in [0.5, 0.6) is 0 Å². The number of piperidine rings is 1. The maximum atomic E-state index is 12.4. The first-order valence-electron chi connectivity index (χ1n) is 6.75. The Balaban J connectivity index is 2.14. The van der Waals surface area contributed by atoms with Crippen LogP contribution in [0.25, 0.3) is 0 Å². The molecule has 6 nitrogen and oxygen atoms in total. The van der Waals surface area contributed by atoms with Gasteiger partial charge in [-0.1, -0.05) is 0 Å². The first kappa shape index (κ1) is 15.2. The number of nitrogens with one attached hydrogen (secondary N) is 1. The number of hydrogen-bond donors (Lipinski definition) is 2. The molecular formula is C13H21N3O3S. The molecule has 2 heterocycles. The number of hydrogen-bond acceptors (Lipinski definition) is 4. The average molecular weight is 299 g/mol. The quantitative estimate of drug-likeness (QED) is 0.871. The molecule has 1 aliphatic heterocycles. The van der Waals surface area contributed by atoms with Gasteiger partial charge < -0.3 is 5.11 Å². The number of rotatable bonds is 4. The molecule has 1 aromatic heterocycles. The van der Waals surface area contributed by atoms with E-state index in [0.29, 0.717) is 24.5 Å². The van der Waals surface area contributed by atoms with E-state index < -0.39 is 10.2 Å². The van der Waals surface area contributed by atoms with Gasteiger partial charge in [0.2, 0.25) is 0 Å². The Hall–Kier alpha value is -1.18. The lowest BCUT2D eigenvalue weighted by molar-refractivity contribution is 0.166. The SMILES string of the molecule is Cc1ccc(NS(=O)(=O)N2CCCC(CO)C2)c(C)n1. The molecule has 1 aliphatic rings. The summed E-state index contributed by atoms with van der Waals surface area (Å²) in [6, 6.07) is 3.50. The molecule has 20 heavy (non-hydrogen) atoms. The molecule has 0 bridgehead atoms. The summed E-state index contributed by atoms with van der Waals surface area (Å²) in [7, 11) is -3.58. The maximum absolute atomic E-state index is 12.4. The minimum Gasteiger partial charge on any atom is -0.396 e. The van der Waals surface area contributed by atoms with Crippen LogP contribution in [0.2, 0.25) is 0 Å². The highest BCUT2D eigenvalue weighted by molar-refractivity contribution is 7.90. The van der Waals surface area contributed by atoms with E-state index in [1.807, 2.05) is 6.92 Å². The Morgan fingerprint density at radius 1 is 1.45 bits per heavy atom. The lowest BCUT2D eigenvalue weighted by Gasteiger charge is -2.31. The van der Waals surface area contributed by atoms with Crippen molar-refractivity contribution in [1.82, 2.24) is 9.29 Å². The second-order valence-corrected chi connectivity index (χ2v) is 6.91. The van der Waals surface area contributed by atoms with Crippen molar-refractivity contribution in [2.75, 3.05) is 24.4 Å². The molecule has 0 amide bonds. The van der Waals surface area contributed by atoms with Crippen molar-refractivity contribution in [2.24, 2.45) is 5.92 Å². The molecule has 1 unspecified atom stereocenters. The molecule has 112 valence electrons. The number of aliphatic hydroxyl groups excluding tert-OH is 1. The second-order valence-electron chi connectivity index (χ2n) is 5.24. The Labute approximate surface area is 120 Å². The summed E-state index contributed by atoms with van der Waals surface area (Å²) in [5.74, 6) is 0.0255. The summed E-state index contributed by atoms with van der Waals surface area (Å²) >= 11 is 0. The van der Waals surface area contributed by atoms with Gasteiger partial charge in [-0.2, -0.15) is 12.7 Å². The fraction of sp³-hybridized carbons (Fsp3) is 0.615. The zero-order valence-corrected chi connectivity index (χ0v) is 12.7. The van der Waals surface area contributed by atoms with Gasteiger partial charge >= 0.3 is 10.2 Å². The number of nitrogens with zero attached hydrogens (tertiary/aromatic N) is 2. The van der Waals surface area contributed by atoms with Gasteiger partial charge in [-0.3, -0.25) is 9.71 Å². The number of aryl methyl sites for hydroxylation is 2. The van der Waals surface area contributed by atoms with E-state index in [2.05, 4.69) is 9.71 Å². The predicted molar refractivity (Wildman–Crippen MR) is 77.6 cm³/mol. The molecule has 0 aliphatic carbocycles. The molecule has 1 aromatic rings. The summed E-state index contributed by atoms with van der Waals surface area (Å²) in [6.45, 7) is 4.52. The van der Waals surface area contributed by atoms with Crippen molar-refractivity contribution < 1.29 is 13.5 Å². The van der Waals surface area contributed by atoms with Crippen molar-refractivity contribution >= 4 is 15.9 Å². The first-order chi connectivity index (χ1) is 9.42. The summed E-state index contributed by atoms with van der Waals surface area (Å²) in [4.78, 5) is 4.25. The second kappa shape index (κ2) is 6.07. The highest BCUT2D eigenvalue weighted by atomic mass is 32.2. The highest BCUT2D eigenvalue weighted by Crippen LogP contribution is 2.21. The zero-order chi connectivity index (χ0) is 14.8. The van der Waals surface area contributed by atoms with E-state index in [4.69, 9.17) is 0 Å². The summed E-state index contributed by atoms with van der Waals surface area (Å²) in [5.41, 5.74) is 2.01. The minimum absolute atomic E-state index is 0.0249. The number of anilines is 1. The molecule has 1 atom stereocenters. The van der Waals surface area contributed by atoms with Crippen LogP contribution in [0, 0.1) is 19.8 Å². The van der Waals surface area contributed by atoms with E-state index in [9.17, 15) is 13.5 Å². The Kier molecular flexibility index (Phi) is 4.62. The fourth-order valence-corrected chi connectivity index (χ4v) is 3.79. The molecule has 1 fully saturated rings. The van der Waals surface area contributed by atoms with E-state index in [1.165, 1.54) is 4.31 Å². The van der Waals surface area contributed by atoms with Crippen molar-refractivity contribution in [1.29, 1.82) is 0 Å². The van der Waals surface area contributed by atoms with Crippen LogP contribution in [0.4, 0.5) is 5.69 Å². The van der Waals surface area contributed by atoms with Gasteiger partial charge in [-0.25, -0.2) is 0 Å². The van der Waals surface area contributed by atoms with E-state index in [1.54, 1.807) is 19.1 Å². The highest BCUT2D eigenvalue weighted by Gasteiger charge is 2.28. The van der Waals surface area contributed by atoms with Gasteiger partial charge in [0.05, 0.1) is 11.4 Å². The third-order valence-corrected chi connectivity index (χ3v) is 5.03. The van der Waals surface area contributed by atoms with Crippen molar-refractivity contribution in [3.8, 4) is 0 Å². The molecule has 0 spiro atoms. The van der Waals surface area contributed by atoms with Crippen molar-refractivity contribution in [3.05, 3.63) is 23.5 Å². The minimum atomic E-state index is -3.58. The lowest BCUT2D eigenvalue weighted by atomic mass is 10.0. The summed E-state index contributed by atoms with van der Waals surface area (Å²) in [5, 5.41) is 9.19.